The van der Waals surface area contributed by atoms with Crippen molar-refractivity contribution in [3.8, 4) is 0 Å². The van der Waals surface area contributed by atoms with Crippen LogP contribution in [0, 0.1) is 0 Å². The quantitative estimate of drug-likeness (QED) is 0.544. The van der Waals surface area contributed by atoms with Crippen molar-refractivity contribution in [3.63, 3.8) is 0 Å². The van der Waals surface area contributed by atoms with Gasteiger partial charge in [-0.1, -0.05) is 0 Å². The Kier molecular flexibility index (Phi) is 6.50. The normalized spacial score (nSPS) is 17.9. The zero-order valence-corrected chi connectivity index (χ0v) is 19.4. The van der Waals surface area contributed by atoms with Gasteiger partial charge in [0.15, 0.2) is 5.69 Å². The number of carbonyl (C=O) groups is 2. The third kappa shape index (κ3) is 4.92. The van der Waals surface area contributed by atoms with Crippen molar-refractivity contribution in [2.24, 2.45) is 7.05 Å². The minimum atomic E-state index is -0.129. The highest BCUT2D eigenvalue weighted by molar-refractivity contribution is 5.98. The van der Waals surface area contributed by atoms with E-state index in [-0.39, 0.29) is 11.8 Å². The molecule has 0 aromatic carbocycles. The number of amides is 2. The number of hydrogen-bond donors (Lipinski definition) is 0. The third-order valence-electron chi connectivity index (χ3n) is 6.56. The number of rotatable bonds is 6. The second-order valence-corrected chi connectivity index (χ2v) is 8.83. The summed E-state index contributed by atoms with van der Waals surface area (Å²) in [4.78, 5) is 34.4. The lowest BCUT2D eigenvalue weighted by Gasteiger charge is -2.34. The number of furan rings is 2. The topological polar surface area (TPSA) is 91.2 Å². The number of aromatic nitrogens is 2. The Hall–Kier alpha value is -3.37. The molecule has 2 aliphatic heterocycles. The second-order valence-electron chi connectivity index (χ2n) is 8.83. The van der Waals surface area contributed by atoms with Crippen LogP contribution < -0.4 is 0 Å². The summed E-state index contributed by atoms with van der Waals surface area (Å²) >= 11 is 0. The fraction of sp³-hybridized carbons (Fsp3) is 0.458. The first kappa shape index (κ1) is 22.4. The highest BCUT2D eigenvalue weighted by Gasteiger charge is 2.29. The van der Waals surface area contributed by atoms with Gasteiger partial charge in [0.25, 0.3) is 11.8 Å². The molecule has 2 fully saturated rings. The maximum absolute atomic E-state index is 13.1. The lowest BCUT2D eigenvalue weighted by Crippen LogP contribution is -2.48. The van der Waals surface area contributed by atoms with Crippen molar-refractivity contribution in [1.82, 2.24) is 29.4 Å². The van der Waals surface area contributed by atoms with Gasteiger partial charge in [-0.15, -0.1) is 0 Å². The summed E-state index contributed by atoms with van der Waals surface area (Å²) in [6, 6.07) is 9.33. The summed E-state index contributed by atoms with van der Waals surface area (Å²) < 4.78 is 12.4. The van der Waals surface area contributed by atoms with E-state index in [2.05, 4.69) is 14.9 Å². The van der Waals surface area contributed by atoms with Crippen molar-refractivity contribution in [2.45, 2.75) is 13.1 Å². The van der Waals surface area contributed by atoms with Gasteiger partial charge in [-0.2, -0.15) is 5.10 Å². The molecule has 3 aromatic rings. The van der Waals surface area contributed by atoms with Crippen LogP contribution in [-0.2, 0) is 20.1 Å². The molecule has 0 spiro atoms. The van der Waals surface area contributed by atoms with Crippen LogP contribution in [0.25, 0.3) is 0 Å². The van der Waals surface area contributed by atoms with Crippen LogP contribution in [0.5, 0.6) is 0 Å². The number of nitrogens with zero attached hydrogens (tertiary/aromatic N) is 6. The van der Waals surface area contributed by atoms with E-state index in [0.29, 0.717) is 37.6 Å². The van der Waals surface area contributed by atoms with Crippen molar-refractivity contribution in [2.75, 3.05) is 52.4 Å². The summed E-state index contributed by atoms with van der Waals surface area (Å²) in [5.41, 5.74) is 0.765. The van der Waals surface area contributed by atoms with Gasteiger partial charge in [-0.3, -0.25) is 24.1 Å². The summed E-state index contributed by atoms with van der Waals surface area (Å²) in [6.07, 6.45) is 3.35. The van der Waals surface area contributed by atoms with E-state index in [1.165, 1.54) is 4.68 Å². The third-order valence-corrected chi connectivity index (χ3v) is 6.56. The molecule has 0 unspecified atom stereocenters. The molecule has 0 saturated carbocycles. The summed E-state index contributed by atoms with van der Waals surface area (Å²) in [5, 5.41) is 4.37. The van der Waals surface area contributed by atoms with Crippen molar-refractivity contribution in [3.05, 3.63) is 65.8 Å². The number of aryl methyl sites for hydroxylation is 1. The smallest absolute Gasteiger partial charge is 0.274 e. The van der Waals surface area contributed by atoms with Gasteiger partial charge >= 0.3 is 0 Å². The molecule has 34 heavy (non-hydrogen) atoms. The fourth-order valence-electron chi connectivity index (χ4n) is 4.56. The van der Waals surface area contributed by atoms with Gasteiger partial charge in [-0.05, 0) is 24.3 Å². The van der Waals surface area contributed by atoms with Crippen LogP contribution in [0.1, 0.15) is 32.5 Å². The Morgan fingerprint density at radius 2 is 1.29 bits per heavy atom. The maximum Gasteiger partial charge on any atom is 0.274 e. The molecule has 2 amide bonds. The highest BCUT2D eigenvalue weighted by Crippen LogP contribution is 2.15. The molecule has 0 bridgehead atoms. The van der Waals surface area contributed by atoms with Crippen LogP contribution in [0.2, 0.25) is 0 Å². The molecule has 0 radical (unpaired) electrons. The maximum atomic E-state index is 13.1. The van der Waals surface area contributed by atoms with E-state index in [9.17, 15) is 9.59 Å². The highest BCUT2D eigenvalue weighted by atomic mass is 16.3. The fourth-order valence-corrected chi connectivity index (χ4v) is 4.56. The van der Waals surface area contributed by atoms with Crippen molar-refractivity contribution >= 4 is 11.8 Å². The predicted octanol–water partition coefficient (Wildman–Crippen LogP) is 1.52. The zero-order valence-electron chi connectivity index (χ0n) is 19.4. The molecule has 180 valence electrons. The zero-order chi connectivity index (χ0) is 23.5. The Bertz CT molecular complexity index is 1090. The van der Waals surface area contributed by atoms with Crippen molar-refractivity contribution in [1.29, 1.82) is 0 Å². The van der Waals surface area contributed by atoms with E-state index < -0.39 is 0 Å². The Balaban J connectivity index is 1.14. The first-order chi connectivity index (χ1) is 16.6. The minimum Gasteiger partial charge on any atom is -0.468 e. The summed E-state index contributed by atoms with van der Waals surface area (Å²) in [6.45, 7) is 7.09. The number of hydrogen-bond acceptors (Lipinski definition) is 7. The van der Waals surface area contributed by atoms with Gasteiger partial charge in [-0.25, -0.2) is 0 Å². The monoisotopic (exact) mass is 466 g/mol. The van der Waals surface area contributed by atoms with Crippen molar-refractivity contribution < 1.29 is 18.4 Å². The molecule has 3 aromatic heterocycles. The molecule has 0 N–H and O–H groups in total. The van der Waals surface area contributed by atoms with Crippen LogP contribution in [0.4, 0.5) is 0 Å². The molecule has 5 rings (SSSR count). The standard InChI is InChI=1S/C24H30N6O4/c1-26-22(24(32)30-12-8-28(9-13-30)18-20-5-3-15-34-20)16-21(25-26)23(31)29-10-6-27(7-11-29)17-19-4-2-14-33-19/h2-5,14-16H,6-13,17-18H2,1H3. The van der Waals surface area contributed by atoms with Gasteiger partial charge in [0.1, 0.15) is 17.2 Å². The molecular formula is C24H30N6O4. The largest absolute Gasteiger partial charge is 0.468 e. The SMILES string of the molecule is Cn1nc(C(=O)N2CCN(Cc3ccco3)CC2)cc1C(=O)N1CCN(Cc2ccco2)CC1. The molecule has 10 heteroatoms. The van der Waals surface area contributed by atoms with Gasteiger partial charge in [0, 0.05) is 65.5 Å². The first-order valence-electron chi connectivity index (χ1n) is 11.7. The van der Waals surface area contributed by atoms with E-state index in [0.717, 1.165) is 50.8 Å². The lowest BCUT2D eigenvalue weighted by molar-refractivity contribution is 0.0605. The van der Waals surface area contributed by atoms with Gasteiger partial charge in [0.2, 0.25) is 0 Å². The average Bonchev–Trinajstić information content (AvgIpc) is 3.62. The van der Waals surface area contributed by atoms with E-state index in [4.69, 9.17) is 8.83 Å². The summed E-state index contributed by atoms with van der Waals surface area (Å²) in [5.74, 6) is 1.64. The first-order valence-corrected chi connectivity index (χ1v) is 11.7. The molecular weight excluding hydrogens is 436 g/mol. The lowest BCUT2D eigenvalue weighted by atomic mass is 10.2. The Morgan fingerprint density at radius 1 is 0.794 bits per heavy atom. The van der Waals surface area contributed by atoms with Crippen LogP contribution in [-0.4, -0.2) is 93.6 Å². The molecule has 0 aliphatic carbocycles. The molecule has 2 aliphatic rings. The minimum absolute atomic E-state index is 0.0880. The van der Waals surface area contributed by atoms with Crippen LogP contribution in [0.3, 0.4) is 0 Å². The van der Waals surface area contributed by atoms with E-state index in [1.807, 2.05) is 34.1 Å². The molecule has 2 saturated heterocycles. The molecule has 5 heterocycles. The number of carbonyl (C=O) groups excluding carboxylic acids is 2. The van der Waals surface area contributed by atoms with E-state index >= 15 is 0 Å². The summed E-state index contributed by atoms with van der Waals surface area (Å²) in [7, 11) is 1.72. The Morgan fingerprint density at radius 3 is 1.76 bits per heavy atom. The van der Waals surface area contributed by atoms with Crippen LogP contribution >= 0.6 is 0 Å². The number of piperazine rings is 2. The van der Waals surface area contributed by atoms with E-state index in [1.54, 1.807) is 25.6 Å². The van der Waals surface area contributed by atoms with Gasteiger partial charge in [0.05, 0.1) is 25.6 Å². The molecule has 10 nitrogen and oxygen atoms in total. The van der Waals surface area contributed by atoms with Crippen LogP contribution in [0.15, 0.2) is 51.7 Å². The second kappa shape index (κ2) is 9.86. The van der Waals surface area contributed by atoms with Gasteiger partial charge < -0.3 is 18.6 Å². The molecule has 0 atom stereocenters. The predicted molar refractivity (Wildman–Crippen MR) is 123 cm³/mol. The Labute approximate surface area is 198 Å². The average molecular weight is 467 g/mol.